The van der Waals surface area contributed by atoms with Gasteiger partial charge in [-0.05, 0) is 60.5 Å². The zero-order valence-electron chi connectivity index (χ0n) is 30.9. The number of amides is 3. The van der Waals surface area contributed by atoms with E-state index in [1.165, 1.54) is 7.05 Å². The van der Waals surface area contributed by atoms with Crippen LogP contribution < -0.4 is 0 Å². The Kier molecular flexibility index (Phi) is 9.95. The molecule has 3 amide bonds. The van der Waals surface area contributed by atoms with Gasteiger partial charge in [-0.25, -0.2) is 19.2 Å². The number of rotatable bonds is 9. The zero-order chi connectivity index (χ0) is 38.2. The van der Waals surface area contributed by atoms with E-state index in [4.69, 9.17) is 0 Å². The van der Waals surface area contributed by atoms with E-state index in [1.807, 2.05) is 41.2 Å². The number of H-pyrrole nitrogens is 2. The first kappa shape index (κ1) is 36.2. The van der Waals surface area contributed by atoms with Crippen LogP contribution in [0.2, 0.25) is 0 Å². The van der Waals surface area contributed by atoms with Crippen LogP contribution in [0.5, 0.6) is 0 Å². The summed E-state index contributed by atoms with van der Waals surface area (Å²) in [5.41, 5.74) is 6.38. The molecule has 2 aromatic heterocycles. The first-order valence-electron chi connectivity index (χ1n) is 18.9. The number of likely N-dealkylation sites (N-methyl/N-ethyl adjacent to an activating group) is 2. The van der Waals surface area contributed by atoms with E-state index in [9.17, 15) is 23.9 Å². The van der Waals surface area contributed by atoms with Gasteiger partial charge < -0.3 is 24.9 Å². The number of alkyl halides is 1. The summed E-state index contributed by atoms with van der Waals surface area (Å²) in [6, 6.07) is 23.7. The number of aromatic amines is 2. The standard InChI is InChI=1S/C42H45FN8O4/c1-48-25-31(43)22-36(48)40(52)50-20-6-10-34(50)38-44-23-32(46-38)28-16-12-26(13-17-28)27-14-18-29(19-15-27)33-24-45-39(47-33)35-11-7-21-51(35)41(53)37(49(2)42(54)55)30-8-4-3-5-9-30/h3-5,8-9,12-19,23-24,31,34-37H,6-7,10-11,20-22,25H2,1-2H3,(H,44,46)(H,45,47)(H,54,55)/t31-,34+,35+,36+,37-/m1/s1. The molecule has 0 spiro atoms. The maximum atomic E-state index is 14.0. The second-order valence-corrected chi connectivity index (χ2v) is 14.9. The first-order valence-corrected chi connectivity index (χ1v) is 18.9. The molecule has 12 nitrogen and oxygen atoms in total. The van der Waals surface area contributed by atoms with Crippen molar-refractivity contribution in [3.8, 4) is 33.6 Å². The van der Waals surface area contributed by atoms with Crippen LogP contribution in [-0.2, 0) is 9.59 Å². The Balaban J connectivity index is 0.931. The molecule has 0 radical (unpaired) electrons. The van der Waals surface area contributed by atoms with Gasteiger partial charge in [0.2, 0.25) is 5.91 Å². The highest BCUT2D eigenvalue weighted by Crippen LogP contribution is 2.37. The zero-order valence-corrected chi connectivity index (χ0v) is 30.9. The Morgan fingerprint density at radius 3 is 1.80 bits per heavy atom. The number of carboxylic acid groups (broad SMARTS) is 1. The Morgan fingerprint density at radius 2 is 1.29 bits per heavy atom. The van der Waals surface area contributed by atoms with Crippen molar-refractivity contribution in [3.63, 3.8) is 0 Å². The molecule has 0 bridgehead atoms. The molecule has 13 heteroatoms. The molecule has 3 N–H and O–H groups in total. The van der Waals surface area contributed by atoms with Gasteiger partial charge in [0.1, 0.15) is 23.9 Å². The SMILES string of the molecule is CN1C[C@H](F)C[C@H]1C(=O)N1CCC[C@H]1c1ncc(-c2ccc(-c3ccc(-c4cnc([C@@H]5CCCN5C(=O)[C@@H](c5ccccc5)N(C)C(=O)O)[nH]4)cc3)cc2)[nH]1. The fourth-order valence-corrected chi connectivity index (χ4v) is 8.47. The molecular weight excluding hydrogens is 700 g/mol. The van der Waals surface area contributed by atoms with Crippen LogP contribution in [0.1, 0.15) is 67.4 Å². The average molecular weight is 745 g/mol. The van der Waals surface area contributed by atoms with E-state index >= 15 is 0 Å². The highest BCUT2D eigenvalue weighted by Gasteiger charge is 2.42. The fourth-order valence-electron chi connectivity index (χ4n) is 8.47. The number of halogens is 1. The molecule has 3 aromatic carbocycles. The normalized spacial score (nSPS) is 21.9. The molecule has 0 aliphatic carbocycles. The van der Waals surface area contributed by atoms with E-state index in [0.29, 0.717) is 31.0 Å². The molecule has 5 aromatic rings. The molecule has 0 unspecified atom stereocenters. The lowest BCUT2D eigenvalue weighted by atomic mass is 10.0. The lowest BCUT2D eigenvalue weighted by Gasteiger charge is -2.32. The fraction of sp³-hybridized carbons (Fsp3) is 0.357. The van der Waals surface area contributed by atoms with Gasteiger partial charge in [0.15, 0.2) is 0 Å². The lowest BCUT2D eigenvalue weighted by molar-refractivity contribution is -0.137. The molecule has 55 heavy (non-hydrogen) atoms. The van der Waals surface area contributed by atoms with Crippen molar-refractivity contribution >= 4 is 17.9 Å². The summed E-state index contributed by atoms with van der Waals surface area (Å²) in [6.07, 6.45) is 4.94. The van der Waals surface area contributed by atoms with E-state index in [1.54, 1.807) is 35.4 Å². The third-order valence-corrected chi connectivity index (χ3v) is 11.4. The third-order valence-electron chi connectivity index (χ3n) is 11.4. The Hall–Kier alpha value is -5.82. The number of likely N-dealkylation sites (tertiary alicyclic amines) is 3. The van der Waals surface area contributed by atoms with Gasteiger partial charge in [-0.3, -0.25) is 19.4 Å². The summed E-state index contributed by atoms with van der Waals surface area (Å²) in [4.78, 5) is 62.0. The Labute approximate surface area is 319 Å². The number of nitrogens with zero attached hydrogens (tertiary/aromatic N) is 6. The summed E-state index contributed by atoms with van der Waals surface area (Å²) in [5, 5.41) is 9.78. The summed E-state index contributed by atoms with van der Waals surface area (Å²) in [7, 11) is 3.24. The van der Waals surface area contributed by atoms with Crippen molar-refractivity contribution in [3.05, 3.63) is 108 Å². The maximum Gasteiger partial charge on any atom is 0.407 e. The van der Waals surface area contributed by atoms with E-state index < -0.39 is 24.3 Å². The quantitative estimate of drug-likeness (QED) is 0.150. The van der Waals surface area contributed by atoms with E-state index in [-0.39, 0.29) is 30.3 Å². The summed E-state index contributed by atoms with van der Waals surface area (Å²) < 4.78 is 14.0. The van der Waals surface area contributed by atoms with Crippen molar-refractivity contribution in [2.45, 2.75) is 62.4 Å². The van der Waals surface area contributed by atoms with Crippen LogP contribution >= 0.6 is 0 Å². The number of carbonyl (C=O) groups excluding carboxylic acids is 2. The average Bonchev–Trinajstić information content (AvgIpc) is 4.05. The molecular formula is C42H45FN8O4. The van der Waals surface area contributed by atoms with E-state index in [2.05, 4.69) is 56.3 Å². The van der Waals surface area contributed by atoms with Gasteiger partial charge in [0.25, 0.3) is 5.91 Å². The molecule has 8 rings (SSSR count). The number of hydrogen-bond acceptors (Lipinski definition) is 6. The maximum absolute atomic E-state index is 14.0. The van der Waals surface area contributed by atoms with Crippen LogP contribution in [0, 0.1) is 0 Å². The largest absolute Gasteiger partial charge is 0.465 e. The number of benzene rings is 3. The number of aromatic nitrogens is 4. The molecule has 0 saturated carbocycles. The van der Waals surface area contributed by atoms with Gasteiger partial charge in [-0.1, -0.05) is 78.9 Å². The summed E-state index contributed by atoms with van der Waals surface area (Å²) in [6.45, 7) is 1.47. The van der Waals surface area contributed by atoms with Gasteiger partial charge >= 0.3 is 6.09 Å². The van der Waals surface area contributed by atoms with Crippen LogP contribution in [0.4, 0.5) is 9.18 Å². The smallest absolute Gasteiger partial charge is 0.407 e. The first-order chi connectivity index (χ1) is 26.7. The second-order valence-electron chi connectivity index (χ2n) is 14.9. The molecule has 5 heterocycles. The predicted molar refractivity (Wildman–Crippen MR) is 205 cm³/mol. The third kappa shape index (κ3) is 7.11. The van der Waals surface area contributed by atoms with Crippen LogP contribution in [-0.4, -0.2) is 108 Å². The molecule has 3 aliphatic rings. The van der Waals surface area contributed by atoms with Crippen molar-refractivity contribution < 1.29 is 23.9 Å². The number of imidazole rings is 2. The van der Waals surface area contributed by atoms with Crippen molar-refractivity contribution in [2.75, 3.05) is 33.7 Å². The molecule has 3 aliphatic heterocycles. The van der Waals surface area contributed by atoms with Gasteiger partial charge in [0.05, 0.1) is 41.9 Å². The van der Waals surface area contributed by atoms with Gasteiger partial charge in [-0.15, -0.1) is 0 Å². The monoisotopic (exact) mass is 744 g/mol. The molecule has 5 atom stereocenters. The Morgan fingerprint density at radius 1 is 0.782 bits per heavy atom. The molecule has 284 valence electrons. The number of hydrogen-bond donors (Lipinski definition) is 3. The topological polar surface area (TPSA) is 142 Å². The lowest BCUT2D eigenvalue weighted by Crippen LogP contribution is -2.44. The minimum atomic E-state index is -1.17. The van der Waals surface area contributed by atoms with Crippen LogP contribution in [0.25, 0.3) is 33.6 Å². The molecule has 3 saturated heterocycles. The predicted octanol–water partition coefficient (Wildman–Crippen LogP) is 6.85. The number of carbonyl (C=O) groups is 3. The summed E-state index contributed by atoms with van der Waals surface area (Å²) >= 11 is 0. The van der Waals surface area contributed by atoms with Crippen molar-refractivity contribution in [1.82, 2.24) is 39.5 Å². The van der Waals surface area contributed by atoms with Gasteiger partial charge in [0, 0.05) is 33.1 Å². The highest BCUT2D eigenvalue weighted by molar-refractivity contribution is 5.87. The van der Waals surface area contributed by atoms with Gasteiger partial charge in [-0.2, -0.15) is 0 Å². The summed E-state index contributed by atoms with van der Waals surface area (Å²) in [5.74, 6) is 1.15. The van der Waals surface area contributed by atoms with Crippen LogP contribution in [0.3, 0.4) is 0 Å². The minimum Gasteiger partial charge on any atom is -0.465 e. The molecule has 3 fully saturated rings. The Bertz CT molecular complexity index is 2150. The highest BCUT2D eigenvalue weighted by atomic mass is 19.1. The number of nitrogens with one attached hydrogen (secondary N) is 2. The van der Waals surface area contributed by atoms with Crippen molar-refractivity contribution in [2.24, 2.45) is 0 Å². The minimum absolute atomic E-state index is 0.0150. The van der Waals surface area contributed by atoms with Crippen molar-refractivity contribution in [1.29, 1.82) is 0 Å². The second kappa shape index (κ2) is 15.1. The van der Waals surface area contributed by atoms with E-state index in [0.717, 1.165) is 70.0 Å². The van der Waals surface area contributed by atoms with Crippen LogP contribution in [0.15, 0.2) is 91.3 Å².